The number of rotatable bonds is 5. The molecular formula is C14H24O3. The van der Waals surface area contributed by atoms with Crippen LogP contribution in [0.2, 0.25) is 0 Å². The van der Waals surface area contributed by atoms with Gasteiger partial charge in [-0.2, -0.15) is 0 Å². The lowest BCUT2D eigenvalue weighted by Crippen LogP contribution is -2.33. The van der Waals surface area contributed by atoms with Crippen molar-refractivity contribution in [2.45, 2.75) is 71.7 Å². The first-order valence-electron chi connectivity index (χ1n) is 6.22. The summed E-state index contributed by atoms with van der Waals surface area (Å²) in [6.45, 7) is 11.6. The first-order valence-corrected chi connectivity index (χ1v) is 6.22. The number of epoxide rings is 1. The Kier molecular flexibility index (Phi) is 4.03. The Hall–Kier alpha value is -0.830. The monoisotopic (exact) mass is 240 g/mol. The Bertz CT molecular complexity index is 330. The van der Waals surface area contributed by atoms with Crippen molar-refractivity contribution in [3.05, 3.63) is 11.6 Å². The van der Waals surface area contributed by atoms with Crippen molar-refractivity contribution in [2.75, 3.05) is 0 Å². The molecule has 0 aliphatic carbocycles. The molecule has 98 valence electrons. The van der Waals surface area contributed by atoms with Crippen LogP contribution >= 0.6 is 0 Å². The second kappa shape index (κ2) is 4.81. The Morgan fingerprint density at radius 3 is 2.35 bits per heavy atom. The Morgan fingerprint density at radius 2 is 2.00 bits per heavy atom. The van der Waals surface area contributed by atoms with Crippen molar-refractivity contribution in [2.24, 2.45) is 0 Å². The normalized spacial score (nSPS) is 26.2. The summed E-state index contributed by atoms with van der Waals surface area (Å²) in [7, 11) is 0. The van der Waals surface area contributed by atoms with E-state index in [-0.39, 0.29) is 11.6 Å². The van der Waals surface area contributed by atoms with Gasteiger partial charge in [-0.3, -0.25) is 4.79 Å². The van der Waals surface area contributed by atoms with E-state index >= 15 is 0 Å². The van der Waals surface area contributed by atoms with Crippen LogP contribution in [0.15, 0.2) is 11.6 Å². The molecule has 0 amide bonds. The quantitative estimate of drug-likeness (QED) is 0.421. The molecule has 1 aliphatic heterocycles. The van der Waals surface area contributed by atoms with Crippen LogP contribution in [0, 0.1) is 0 Å². The van der Waals surface area contributed by atoms with Gasteiger partial charge in [0.15, 0.2) is 0 Å². The fourth-order valence-corrected chi connectivity index (χ4v) is 2.10. The molecule has 0 N–H and O–H groups in total. The molecule has 0 aromatic carbocycles. The van der Waals surface area contributed by atoms with E-state index in [2.05, 4.69) is 13.8 Å². The van der Waals surface area contributed by atoms with Crippen molar-refractivity contribution >= 4 is 5.97 Å². The van der Waals surface area contributed by atoms with Gasteiger partial charge in [-0.15, -0.1) is 0 Å². The topological polar surface area (TPSA) is 38.8 Å². The minimum Gasteiger partial charge on any atom is -0.455 e. The maximum absolute atomic E-state index is 11.2. The van der Waals surface area contributed by atoms with Crippen LogP contribution in [0.1, 0.15) is 54.4 Å². The molecule has 0 bridgehead atoms. The van der Waals surface area contributed by atoms with Crippen molar-refractivity contribution in [3.8, 4) is 0 Å². The van der Waals surface area contributed by atoms with Crippen LogP contribution in [0.3, 0.4) is 0 Å². The van der Waals surface area contributed by atoms with Gasteiger partial charge >= 0.3 is 5.97 Å². The van der Waals surface area contributed by atoms with E-state index in [1.54, 1.807) is 0 Å². The minimum absolute atomic E-state index is 0.000960. The predicted octanol–water partition coefficient (Wildman–Crippen LogP) is 3.23. The Labute approximate surface area is 104 Å². The Morgan fingerprint density at radius 1 is 1.47 bits per heavy atom. The molecule has 0 aromatic heterocycles. The summed E-state index contributed by atoms with van der Waals surface area (Å²) in [6.07, 6.45) is 4.02. The van der Waals surface area contributed by atoms with E-state index in [1.807, 2.05) is 26.8 Å². The van der Waals surface area contributed by atoms with E-state index < -0.39 is 5.60 Å². The van der Waals surface area contributed by atoms with Crippen LogP contribution in [0.25, 0.3) is 0 Å². The van der Waals surface area contributed by atoms with Gasteiger partial charge in [0.1, 0.15) is 5.60 Å². The summed E-state index contributed by atoms with van der Waals surface area (Å²) in [4.78, 5) is 11.2. The van der Waals surface area contributed by atoms with E-state index in [0.717, 1.165) is 18.4 Å². The van der Waals surface area contributed by atoms with Crippen molar-refractivity contribution < 1.29 is 14.3 Å². The van der Waals surface area contributed by atoms with Crippen LogP contribution in [0.4, 0.5) is 0 Å². The van der Waals surface area contributed by atoms with Crippen LogP contribution < -0.4 is 0 Å². The zero-order chi connectivity index (χ0) is 13.3. The lowest BCUT2D eigenvalue weighted by Gasteiger charge is -2.30. The molecule has 1 rings (SSSR count). The summed E-state index contributed by atoms with van der Waals surface area (Å²) in [5.41, 5.74) is 0.593. The van der Waals surface area contributed by atoms with Gasteiger partial charge in [0.2, 0.25) is 0 Å². The third-order valence-electron chi connectivity index (χ3n) is 3.68. The van der Waals surface area contributed by atoms with Gasteiger partial charge in [-0.05, 0) is 53.0 Å². The predicted molar refractivity (Wildman–Crippen MR) is 67.8 cm³/mol. The summed E-state index contributed by atoms with van der Waals surface area (Å²) in [5.74, 6) is -0.232. The highest BCUT2D eigenvalue weighted by atomic mass is 16.6. The SMILES string of the molecule is C/C=C(\C)C(C)(CCC1OC1(C)C)OC(C)=O. The molecule has 0 aromatic rings. The summed E-state index contributed by atoms with van der Waals surface area (Å²) in [5, 5.41) is 0. The first kappa shape index (κ1) is 14.2. The van der Waals surface area contributed by atoms with Crippen LogP contribution in [-0.4, -0.2) is 23.3 Å². The smallest absolute Gasteiger partial charge is 0.303 e. The molecule has 2 unspecified atom stereocenters. The molecule has 2 atom stereocenters. The highest BCUT2D eigenvalue weighted by molar-refractivity contribution is 5.67. The molecular weight excluding hydrogens is 216 g/mol. The fraction of sp³-hybridized carbons (Fsp3) is 0.786. The highest BCUT2D eigenvalue weighted by Gasteiger charge is 2.48. The minimum atomic E-state index is -0.497. The molecule has 3 heteroatoms. The first-order chi connectivity index (χ1) is 7.71. The number of carbonyl (C=O) groups is 1. The molecule has 3 nitrogen and oxygen atoms in total. The second-order valence-corrected chi connectivity index (χ2v) is 5.54. The molecule has 1 fully saturated rings. The fourth-order valence-electron chi connectivity index (χ4n) is 2.10. The number of hydrogen-bond acceptors (Lipinski definition) is 3. The zero-order valence-electron chi connectivity index (χ0n) is 11.8. The van der Waals surface area contributed by atoms with Gasteiger partial charge in [0.05, 0.1) is 11.7 Å². The average Bonchev–Trinajstić information content (AvgIpc) is 2.81. The molecule has 0 radical (unpaired) electrons. The zero-order valence-corrected chi connectivity index (χ0v) is 11.8. The van der Waals surface area contributed by atoms with Crippen molar-refractivity contribution in [1.82, 2.24) is 0 Å². The van der Waals surface area contributed by atoms with E-state index in [4.69, 9.17) is 9.47 Å². The number of allylic oxidation sites excluding steroid dienone is 1. The molecule has 0 saturated carbocycles. The standard InChI is InChI=1S/C14H24O3/c1-7-10(2)14(6,16-11(3)15)9-8-12-13(4,5)17-12/h7,12H,8-9H2,1-6H3/b10-7+. The summed E-state index contributed by atoms with van der Waals surface area (Å²) < 4.78 is 11.0. The molecule has 17 heavy (non-hydrogen) atoms. The van der Waals surface area contributed by atoms with Crippen molar-refractivity contribution in [1.29, 1.82) is 0 Å². The number of carbonyl (C=O) groups excluding carboxylic acids is 1. The number of hydrogen-bond donors (Lipinski definition) is 0. The van der Waals surface area contributed by atoms with Gasteiger partial charge in [0.25, 0.3) is 0 Å². The van der Waals surface area contributed by atoms with Gasteiger partial charge < -0.3 is 9.47 Å². The van der Waals surface area contributed by atoms with E-state index in [1.165, 1.54) is 6.92 Å². The summed E-state index contributed by atoms with van der Waals surface area (Å²) >= 11 is 0. The number of esters is 1. The van der Waals surface area contributed by atoms with Crippen LogP contribution in [-0.2, 0) is 14.3 Å². The molecule has 1 aliphatic rings. The lowest BCUT2D eigenvalue weighted by molar-refractivity contribution is -0.152. The van der Waals surface area contributed by atoms with E-state index in [0.29, 0.717) is 6.10 Å². The average molecular weight is 240 g/mol. The highest BCUT2D eigenvalue weighted by Crippen LogP contribution is 2.40. The lowest BCUT2D eigenvalue weighted by atomic mass is 9.89. The second-order valence-electron chi connectivity index (χ2n) is 5.54. The summed E-state index contributed by atoms with van der Waals surface area (Å²) in [6, 6.07) is 0. The van der Waals surface area contributed by atoms with Gasteiger partial charge in [-0.1, -0.05) is 6.08 Å². The van der Waals surface area contributed by atoms with Crippen molar-refractivity contribution in [3.63, 3.8) is 0 Å². The molecule has 1 heterocycles. The maximum Gasteiger partial charge on any atom is 0.303 e. The third-order valence-corrected chi connectivity index (χ3v) is 3.68. The van der Waals surface area contributed by atoms with Crippen LogP contribution in [0.5, 0.6) is 0 Å². The molecule has 1 saturated heterocycles. The van der Waals surface area contributed by atoms with E-state index in [9.17, 15) is 4.79 Å². The van der Waals surface area contributed by atoms with Gasteiger partial charge in [-0.25, -0.2) is 0 Å². The largest absolute Gasteiger partial charge is 0.455 e. The maximum atomic E-state index is 11.2. The number of ether oxygens (including phenoxy) is 2. The van der Waals surface area contributed by atoms with Gasteiger partial charge in [0, 0.05) is 6.92 Å². The third kappa shape index (κ3) is 3.56. The molecule has 0 spiro atoms. The Balaban J connectivity index is 2.61.